The van der Waals surface area contributed by atoms with Crippen LogP contribution in [0.15, 0.2) is 29.2 Å². The SMILES string of the molecule is CSc1ccc(C(O)C(O)CBr)cc1. The van der Waals surface area contributed by atoms with Crippen LogP contribution in [-0.2, 0) is 0 Å². The first-order valence-electron chi connectivity index (χ1n) is 4.25. The van der Waals surface area contributed by atoms with Gasteiger partial charge in [-0.3, -0.25) is 0 Å². The van der Waals surface area contributed by atoms with Crippen LogP contribution in [0, 0.1) is 0 Å². The molecule has 0 aliphatic heterocycles. The van der Waals surface area contributed by atoms with E-state index in [1.165, 1.54) is 0 Å². The fraction of sp³-hybridized carbons (Fsp3) is 0.400. The van der Waals surface area contributed by atoms with Crippen LogP contribution in [0.25, 0.3) is 0 Å². The van der Waals surface area contributed by atoms with E-state index in [0.717, 1.165) is 10.5 Å². The third kappa shape index (κ3) is 2.98. The van der Waals surface area contributed by atoms with E-state index < -0.39 is 12.2 Å². The highest BCUT2D eigenvalue weighted by molar-refractivity contribution is 9.09. The monoisotopic (exact) mass is 276 g/mol. The molecular formula is C10H13BrO2S. The van der Waals surface area contributed by atoms with Crippen molar-refractivity contribution in [2.24, 2.45) is 0 Å². The van der Waals surface area contributed by atoms with Gasteiger partial charge in [-0.1, -0.05) is 28.1 Å². The molecular weight excluding hydrogens is 264 g/mol. The topological polar surface area (TPSA) is 40.5 Å². The number of hydrogen-bond acceptors (Lipinski definition) is 3. The summed E-state index contributed by atoms with van der Waals surface area (Å²) >= 11 is 4.78. The molecule has 1 aromatic carbocycles. The van der Waals surface area contributed by atoms with Crippen molar-refractivity contribution in [3.63, 3.8) is 0 Å². The summed E-state index contributed by atoms with van der Waals surface area (Å²) in [5.41, 5.74) is 0.745. The van der Waals surface area contributed by atoms with Crippen LogP contribution in [0.4, 0.5) is 0 Å². The molecule has 78 valence electrons. The maximum Gasteiger partial charge on any atom is 0.106 e. The molecule has 0 saturated heterocycles. The second kappa shape index (κ2) is 5.75. The van der Waals surface area contributed by atoms with Crippen molar-refractivity contribution in [1.82, 2.24) is 0 Å². The fourth-order valence-electron chi connectivity index (χ4n) is 1.11. The highest BCUT2D eigenvalue weighted by atomic mass is 79.9. The molecule has 0 aliphatic carbocycles. The Hall–Kier alpha value is -0.0300. The van der Waals surface area contributed by atoms with Gasteiger partial charge in [-0.25, -0.2) is 0 Å². The first-order valence-corrected chi connectivity index (χ1v) is 6.59. The molecule has 0 bridgehead atoms. The number of hydrogen-bond donors (Lipinski definition) is 2. The number of benzene rings is 1. The van der Waals surface area contributed by atoms with Gasteiger partial charge in [0, 0.05) is 10.2 Å². The Morgan fingerprint density at radius 1 is 1.29 bits per heavy atom. The van der Waals surface area contributed by atoms with E-state index in [1.54, 1.807) is 11.8 Å². The summed E-state index contributed by atoms with van der Waals surface area (Å²) in [5, 5.41) is 19.4. The van der Waals surface area contributed by atoms with Crippen LogP contribution in [0.1, 0.15) is 11.7 Å². The number of aliphatic hydroxyl groups is 2. The first-order chi connectivity index (χ1) is 6.69. The van der Waals surface area contributed by atoms with Gasteiger partial charge in [0.05, 0.1) is 6.10 Å². The minimum atomic E-state index is -0.815. The molecule has 2 nitrogen and oxygen atoms in total. The standard InChI is InChI=1S/C10H13BrO2S/c1-14-8-4-2-7(3-5-8)10(13)9(12)6-11/h2-5,9-10,12-13H,6H2,1H3. The second-order valence-corrected chi connectivity index (χ2v) is 4.47. The Morgan fingerprint density at radius 3 is 2.29 bits per heavy atom. The minimum absolute atomic E-state index is 0.373. The van der Waals surface area contributed by atoms with Gasteiger partial charge in [0.2, 0.25) is 0 Å². The van der Waals surface area contributed by atoms with Gasteiger partial charge in [0.15, 0.2) is 0 Å². The third-order valence-electron chi connectivity index (χ3n) is 1.98. The molecule has 1 rings (SSSR count). The molecule has 2 atom stereocenters. The summed E-state index contributed by atoms with van der Waals surface area (Å²) in [6, 6.07) is 7.54. The third-order valence-corrected chi connectivity index (χ3v) is 3.39. The quantitative estimate of drug-likeness (QED) is 0.654. The molecule has 0 heterocycles. The Bertz CT molecular complexity index is 276. The van der Waals surface area contributed by atoms with Crippen molar-refractivity contribution >= 4 is 27.7 Å². The van der Waals surface area contributed by atoms with Crippen LogP contribution >= 0.6 is 27.7 Å². The van der Waals surface area contributed by atoms with Gasteiger partial charge >= 0.3 is 0 Å². The predicted octanol–water partition coefficient (Wildman–Crippen LogP) is 2.20. The summed E-state index contributed by atoms with van der Waals surface area (Å²) in [6.45, 7) is 0. The predicted molar refractivity (Wildman–Crippen MR) is 63.0 cm³/mol. The van der Waals surface area contributed by atoms with Gasteiger partial charge in [0.1, 0.15) is 6.10 Å². The molecule has 0 radical (unpaired) electrons. The van der Waals surface area contributed by atoms with E-state index in [0.29, 0.717) is 5.33 Å². The molecule has 14 heavy (non-hydrogen) atoms. The number of alkyl halides is 1. The van der Waals surface area contributed by atoms with Crippen LogP contribution in [-0.4, -0.2) is 27.9 Å². The van der Waals surface area contributed by atoms with Crippen molar-refractivity contribution in [2.75, 3.05) is 11.6 Å². The Labute approximate surface area is 96.5 Å². The van der Waals surface area contributed by atoms with Crippen LogP contribution < -0.4 is 0 Å². The molecule has 0 saturated carbocycles. The van der Waals surface area contributed by atoms with Crippen molar-refractivity contribution < 1.29 is 10.2 Å². The van der Waals surface area contributed by atoms with Gasteiger partial charge < -0.3 is 10.2 Å². The van der Waals surface area contributed by atoms with Gasteiger partial charge in [-0.15, -0.1) is 11.8 Å². The van der Waals surface area contributed by atoms with Gasteiger partial charge in [-0.2, -0.15) is 0 Å². The van der Waals surface area contributed by atoms with Crippen LogP contribution in [0.3, 0.4) is 0 Å². The molecule has 2 unspecified atom stereocenters. The number of halogens is 1. The summed E-state index contributed by atoms with van der Waals surface area (Å²) < 4.78 is 0. The molecule has 0 amide bonds. The Balaban J connectivity index is 2.75. The zero-order valence-corrected chi connectivity index (χ0v) is 10.3. The van der Waals surface area contributed by atoms with E-state index in [4.69, 9.17) is 0 Å². The highest BCUT2D eigenvalue weighted by Gasteiger charge is 2.16. The summed E-state index contributed by atoms with van der Waals surface area (Å²) in [4.78, 5) is 1.15. The summed E-state index contributed by atoms with van der Waals surface area (Å²) in [5.74, 6) is 0. The maximum absolute atomic E-state index is 9.67. The lowest BCUT2D eigenvalue weighted by atomic mass is 10.1. The van der Waals surface area contributed by atoms with E-state index in [9.17, 15) is 10.2 Å². The molecule has 0 spiro atoms. The first kappa shape index (κ1) is 12.0. The molecule has 0 aromatic heterocycles. The normalized spacial score (nSPS) is 15.1. The molecule has 4 heteroatoms. The van der Waals surface area contributed by atoms with Gasteiger partial charge in [0.25, 0.3) is 0 Å². The zero-order valence-electron chi connectivity index (χ0n) is 7.85. The lowest BCUT2D eigenvalue weighted by Crippen LogP contribution is -2.19. The van der Waals surface area contributed by atoms with Crippen molar-refractivity contribution in [3.8, 4) is 0 Å². The number of thioether (sulfide) groups is 1. The maximum atomic E-state index is 9.67. The lowest BCUT2D eigenvalue weighted by molar-refractivity contribution is 0.0342. The van der Waals surface area contributed by atoms with E-state index in [1.807, 2.05) is 30.5 Å². The molecule has 2 N–H and O–H groups in total. The van der Waals surface area contributed by atoms with Gasteiger partial charge in [-0.05, 0) is 24.0 Å². The average Bonchev–Trinajstić information content (AvgIpc) is 2.27. The lowest BCUT2D eigenvalue weighted by Gasteiger charge is -2.15. The van der Waals surface area contributed by atoms with E-state index in [-0.39, 0.29) is 0 Å². The van der Waals surface area contributed by atoms with Crippen LogP contribution in [0.5, 0.6) is 0 Å². The largest absolute Gasteiger partial charge is 0.389 e. The molecule has 0 fully saturated rings. The molecule has 0 aliphatic rings. The van der Waals surface area contributed by atoms with Crippen LogP contribution in [0.2, 0.25) is 0 Å². The van der Waals surface area contributed by atoms with Crippen molar-refractivity contribution in [2.45, 2.75) is 17.1 Å². The summed E-state index contributed by atoms with van der Waals surface area (Å²) in [6.07, 6.45) is 0.430. The summed E-state index contributed by atoms with van der Waals surface area (Å²) in [7, 11) is 0. The number of aliphatic hydroxyl groups excluding tert-OH is 2. The number of rotatable bonds is 4. The Morgan fingerprint density at radius 2 is 1.86 bits per heavy atom. The van der Waals surface area contributed by atoms with Crippen molar-refractivity contribution in [1.29, 1.82) is 0 Å². The smallest absolute Gasteiger partial charge is 0.106 e. The van der Waals surface area contributed by atoms with E-state index >= 15 is 0 Å². The fourth-order valence-corrected chi connectivity index (χ4v) is 1.87. The highest BCUT2D eigenvalue weighted by Crippen LogP contribution is 2.21. The van der Waals surface area contributed by atoms with E-state index in [2.05, 4.69) is 15.9 Å². The molecule has 1 aromatic rings. The zero-order chi connectivity index (χ0) is 10.6. The Kier molecular flexibility index (Phi) is 4.95. The second-order valence-electron chi connectivity index (χ2n) is 2.94. The minimum Gasteiger partial charge on any atom is -0.389 e. The van der Waals surface area contributed by atoms with Crippen molar-refractivity contribution in [3.05, 3.63) is 29.8 Å². The average molecular weight is 277 g/mol.